The van der Waals surface area contributed by atoms with Gasteiger partial charge in [0.05, 0.1) is 6.61 Å². The van der Waals surface area contributed by atoms with E-state index in [2.05, 4.69) is 106 Å². The Morgan fingerprint density at radius 3 is 1.29 bits per heavy atom. The largest absolute Gasteiger partial charge is 0.479 e. The van der Waals surface area contributed by atoms with Crippen LogP contribution in [0.5, 0.6) is 0 Å². The summed E-state index contributed by atoms with van der Waals surface area (Å²) in [6, 6.07) is 0. The van der Waals surface area contributed by atoms with E-state index in [9.17, 15) is 34.5 Å². The fourth-order valence-electron chi connectivity index (χ4n) is 8.89. The Morgan fingerprint density at radius 1 is 0.430 bits per heavy atom. The number of aliphatic hydroxyl groups excluding tert-OH is 2. The first-order chi connectivity index (χ1) is 38.6. The summed E-state index contributed by atoms with van der Waals surface area (Å²) in [4.78, 5) is 51.2. The molecule has 1 fully saturated rings. The first kappa shape index (κ1) is 72.7. The van der Waals surface area contributed by atoms with Crippen molar-refractivity contribution in [3.05, 3.63) is 97.2 Å². The molecule has 12 heteroatoms. The van der Waals surface area contributed by atoms with Crippen LogP contribution in [0.2, 0.25) is 0 Å². The van der Waals surface area contributed by atoms with Crippen molar-refractivity contribution in [3.63, 3.8) is 0 Å². The monoisotopic (exact) mass is 1110 g/mol. The maximum atomic E-state index is 13.1. The van der Waals surface area contributed by atoms with Crippen molar-refractivity contribution in [3.8, 4) is 0 Å². The number of unbranched alkanes of at least 4 members (excludes halogenated alkanes) is 22. The van der Waals surface area contributed by atoms with Crippen molar-refractivity contribution in [1.82, 2.24) is 0 Å². The highest BCUT2D eigenvalue weighted by atomic mass is 16.7. The second-order valence-electron chi connectivity index (χ2n) is 21.0. The van der Waals surface area contributed by atoms with Crippen molar-refractivity contribution in [1.29, 1.82) is 0 Å². The fourth-order valence-corrected chi connectivity index (χ4v) is 8.89. The van der Waals surface area contributed by atoms with Crippen LogP contribution < -0.4 is 0 Å². The third kappa shape index (κ3) is 44.0. The molecule has 1 heterocycles. The number of carboxylic acid groups (broad SMARTS) is 1. The Bertz CT molecular complexity index is 1740. The van der Waals surface area contributed by atoms with Crippen molar-refractivity contribution in [2.24, 2.45) is 0 Å². The SMILES string of the molecule is CC/C=C\C/C=C\C/C=C\C/C=C\C/C=C\C/C=C\CCC(=O)OCC(COC1OC(C(=O)O)C(O)C(O)C1OC(=O)CCCCCCCCCCC/C=C\C/C=C\CCCCC)OC(=O)CCCCCCCCCCCCC. The zero-order valence-electron chi connectivity index (χ0n) is 49.6. The molecule has 3 N–H and O–H groups in total. The minimum Gasteiger partial charge on any atom is -0.479 e. The van der Waals surface area contributed by atoms with Crippen LogP contribution in [0.25, 0.3) is 0 Å². The summed E-state index contributed by atoms with van der Waals surface area (Å²) in [5.41, 5.74) is 0. The second-order valence-corrected chi connectivity index (χ2v) is 21.0. The fraction of sp³-hybridized carbons (Fsp3) is 0.701. The molecular weight excluding hydrogens is 997 g/mol. The number of carbonyl (C=O) groups is 4. The number of carboxylic acids is 1. The lowest BCUT2D eigenvalue weighted by Crippen LogP contribution is -2.61. The molecule has 0 amide bonds. The van der Waals surface area contributed by atoms with Gasteiger partial charge in [-0.15, -0.1) is 0 Å². The third-order valence-electron chi connectivity index (χ3n) is 13.7. The average molecular weight is 1110 g/mol. The Morgan fingerprint density at radius 2 is 0.823 bits per heavy atom. The predicted molar refractivity (Wildman–Crippen MR) is 321 cm³/mol. The average Bonchev–Trinajstić information content (AvgIpc) is 3.48. The van der Waals surface area contributed by atoms with Gasteiger partial charge >= 0.3 is 23.9 Å². The van der Waals surface area contributed by atoms with Gasteiger partial charge in [-0.2, -0.15) is 0 Å². The van der Waals surface area contributed by atoms with Crippen LogP contribution in [0.15, 0.2) is 97.2 Å². The maximum Gasteiger partial charge on any atom is 0.335 e. The number of allylic oxidation sites excluding steroid dienone is 16. The van der Waals surface area contributed by atoms with Crippen LogP contribution in [0.1, 0.15) is 252 Å². The molecular formula is C67H110O12. The third-order valence-corrected chi connectivity index (χ3v) is 13.7. The van der Waals surface area contributed by atoms with Crippen LogP contribution in [-0.4, -0.2) is 89.2 Å². The number of rotatable bonds is 52. The van der Waals surface area contributed by atoms with Crippen molar-refractivity contribution < 1.29 is 58.2 Å². The van der Waals surface area contributed by atoms with Gasteiger partial charge in [-0.05, 0) is 89.9 Å². The van der Waals surface area contributed by atoms with Crippen LogP contribution in [0, 0.1) is 0 Å². The summed E-state index contributed by atoms with van der Waals surface area (Å²) in [6.45, 7) is 5.79. The minimum atomic E-state index is -1.92. The summed E-state index contributed by atoms with van der Waals surface area (Å²) < 4.78 is 28.4. The van der Waals surface area contributed by atoms with Gasteiger partial charge in [-0.25, -0.2) is 4.79 Å². The van der Waals surface area contributed by atoms with E-state index in [1.165, 1.54) is 96.3 Å². The molecule has 0 spiro atoms. The zero-order valence-corrected chi connectivity index (χ0v) is 49.6. The molecule has 0 radical (unpaired) electrons. The molecule has 0 aromatic carbocycles. The number of carbonyl (C=O) groups excluding carboxylic acids is 3. The van der Waals surface area contributed by atoms with Crippen molar-refractivity contribution in [2.75, 3.05) is 13.2 Å². The summed E-state index contributed by atoms with van der Waals surface area (Å²) >= 11 is 0. The minimum absolute atomic E-state index is 0.0460. The Labute approximate surface area is 479 Å². The Hall–Kier alpha value is -4.36. The van der Waals surface area contributed by atoms with Crippen LogP contribution in [0.4, 0.5) is 0 Å². The van der Waals surface area contributed by atoms with Crippen LogP contribution in [0.3, 0.4) is 0 Å². The summed E-state index contributed by atoms with van der Waals surface area (Å²) in [6.07, 6.45) is 59.6. The van der Waals surface area contributed by atoms with E-state index in [-0.39, 0.29) is 25.9 Å². The van der Waals surface area contributed by atoms with E-state index in [0.29, 0.717) is 19.3 Å². The van der Waals surface area contributed by atoms with Gasteiger partial charge in [-0.3, -0.25) is 14.4 Å². The molecule has 0 aromatic rings. The highest BCUT2D eigenvalue weighted by Gasteiger charge is 2.50. The molecule has 1 aliphatic heterocycles. The number of aliphatic hydroxyl groups is 2. The standard InChI is InChI=1S/C67H110O12/c1-4-7-10-13-16-19-22-24-26-28-30-32-34-36-39-41-44-47-50-53-59(68)75-56-58(77-60(69)54-51-48-45-42-38-21-18-15-12-9-6-3)57-76-67-65(63(72)62(71)64(79-67)66(73)74)78-61(70)55-52-49-46-43-40-37-35-33-31-29-27-25-23-20-17-14-11-8-5-2/h7,10,16-17,19-20,24-27,30,32,36,39,44,47,58,62-65,67,71-72H,4-6,8-9,11-15,18,21-23,28-29,31,33-35,37-38,40-43,45-46,48-57H2,1-3H3,(H,73,74)/b10-7-,19-16-,20-17-,26-24-,27-25-,32-30-,39-36-,47-44-. The maximum absolute atomic E-state index is 13.1. The Balaban J connectivity index is 2.68. The molecule has 450 valence electrons. The predicted octanol–water partition coefficient (Wildman–Crippen LogP) is 16.5. The normalized spacial score (nSPS) is 18.5. The van der Waals surface area contributed by atoms with Gasteiger partial charge in [0.15, 0.2) is 24.6 Å². The van der Waals surface area contributed by atoms with E-state index < -0.39 is 67.3 Å². The number of ether oxygens (including phenoxy) is 5. The zero-order chi connectivity index (χ0) is 57.5. The summed E-state index contributed by atoms with van der Waals surface area (Å²) in [5, 5.41) is 31.5. The number of esters is 3. The van der Waals surface area contributed by atoms with Crippen molar-refractivity contribution >= 4 is 23.9 Å². The van der Waals surface area contributed by atoms with Crippen LogP contribution in [-0.2, 0) is 42.9 Å². The van der Waals surface area contributed by atoms with Gasteiger partial charge < -0.3 is 39.0 Å². The van der Waals surface area contributed by atoms with Gasteiger partial charge in [0.2, 0.25) is 0 Å². The highest BCUT2D eigenvalue weighted by molar-refractivity contribution is 5.74. The van der Waals surface area contributed by atoms with Gasteiger partial charge in [0.1, 0.15) is 18.8 Å². The number of hydrogen-bond donors (Lipinski definition) is 3. The molecule has 6 unspecified atom stereocenters. The lowest BCUT2D eigenvalue weighted by Gasteiger charge is -2.40. The molecule has 0 saturated carbocycles. The van der Waals surface area contributed by atoms with Crippen LogP contribution >= 0.6 is 0 Å². The smallest absolute Gasteiger partial charge is 0.335 e. The summed E-state index contributed by atoms with van der Waals surface area (Å²) in [7, 11) is 0. The van der Waals surface area contributed by atoms with E-state index in [0.717, 1.165) is 96.3 Å². The molecule has 6 atom stereocenters. The molecule has 0 bridgehead atoms. The van der Waals surface area contributed by atoms with E-state index in [1.54, 1.807) is 0 Å². The molecule has 0 aromatic heterocycles. The number of aliphatic carboxylic acids is 1. The lowest BCUT2D eigenvalue weighted by molar-refractivity contribution is -0.301. The Kier molecular flexibility index (Phi) is 49.9. The van der Waals surface area contributed by atoms with E-state index in [4.69, 9.17) is 23.7 Å². The quantitative estimate of drug-likeness (QED) is 0.0228. The lowest BCUT2D eigenvalue weighted by atomic mass is 9.98. The van der Waals surface area contributed by atoms with Crippen molar-refractivity contribution in [2.45, 2.75) is 289 Å². The van der Waals surface area contributed by atoms with E-state index >= 15 is 0 Å². The molecule has 79 heavy (non-hydrogen) atoms. The molecule has 1 saturated heterocycles. The van der Waals surface area contributed by atoms with Gasteiger partial charge in [-0.1, -0.05) is 240 Å². The molecule has 1 rings (SSSR count). The topological polar surface area (TPSA) is 175 Å². The van der Waals surface area contributed by atoms with E-state index in [1.807, 2.05) is 12.2 Å². The first-order valence-electron chi connectivity index (χ1n) is 31.2. The second kappa shape index (κ2) is 54.2. The number of hydrogen-bond acceptors (Lipinski definition) is 11. The molecule has 1 aliphatic rings. The first-order valence-corrected chi connectivity index (χ1v) is 31.2. The highest BCUT2D eigenvalue weighted by Crippen LogP contribution is 2.26. The molecule has 12 nitrogen and oxygen atoms in total. The molecule has 0 aliphatic carbocycles. The van der Waals surface area contributed by atoms with Gasteiger partial charge in [0, 0.05) is 19.3 Å². The summed E-state index contributed by atoms with van der Waals surface area (Å²) in [5.74, 6) is -3.23. The van der Waals surface area contributed by atoms with Gasteiger partial charge in [0.25, 0.3) is 0 Å².